The number of carbonyl (C=O) groups is 1. The topological polar surface area (TPSA) is 59.8 Å². The zero-order valence-electron chi connectivity index (χ0n) is 13.8. The Labute approximate surface area is 139 Å². The van der Waals surface area contributed by atoms with Crippen LogP contribution in [0.3, 0.4) is 0 Å². The van der Waals surface area contributed by atoms with Gasteiger partial charge in [-0.1, -0.05) is 6.07 Å². The lowest BCUT2D eigenvalue weighted by Crippen LogP contribution is -2.34. The van der Waals surface area contributed by atoms with E-state index in [1.165, 1.54) is 4.88 Å². The van der Waals surface area contributed by atoms with E-state index in [0.29, 0.717) is 5.56 Å². The summed E-state index contributed by atoms with van der Waals surface area (Å²) in [5.41, 5.74) is 3.03. The van der Waals surface area contributed by atoms with Crippen molar-refractivity contribution < 1.29 is 4.79 Å². The van der Waals surface area contributed by atoms with Gasteiger partial charge in [-0.15, -0.1) is 11.3 Å². The Bertz CT molecular complexity index is 851. The second-order valence-corrected chi connectivity index (χ2v) is 6.89. The van der Waals surface area contributed by atoms with Gasteiger partial charge in [0.2, 0.25) is 0 Å². The van der Waals surface area contributed by atoms with Gasteiger partial charge in [0.1, 0.15) is 0 Å². The predicted molar refractivity (Wildman–Crippen MR) is 92.9 cm³/mol. The lowest BCUT2D eigenvalue weighted by atomic mass is 10.1. The Hall–Kier alpha value is -2.21. The number of thiophene rings is 1. The van der Waals surface area contributed by atoms with Crippen molar-refractivity contribution in [3.05, 3.63) is 45.4 Å². The summed E-state index contributed by atoms with van der Waals surface area (Å²) in [6.07, 6.45) is 0.837. The Kier molecular flexibility index (Phi) is 4.17. The van der Waals surface area contributed by atoms with Crippen LogP contribution in [0.25, 0.3) is 11.0 Å². The third kappa shape index (κ3) is 3.12. The molecule has 1 N–H and O–H groups in total. The number of pyridine rings is 1. The molecule has 0 saturated heterocycles. The number of aryl methyl sites for hydroxylation is 3. The lowest BCUT2D eigenvalue weighted by molar-refractivity contribution is 0.0939. The average molecular weight is 328 g/mol. The number of hydrogen-bond acceptors (Lipinski definition) is 4. The van der Waals surface area contributed by atoms with Crippen molar-refractivity contribution in [2.45, 2.75) is 33.2 Å². The molecule has 0 bridgehead atoms. The minimum absolute atomic E-state index is 0.0752. The minimum Gasteiger partial charge on any atom is -0.349 e. The van der Waals surface area contributed by atoms with Gasteiger partial charge >= 0.3 is 0 Å². The molecule has 5 nitrogen and oxygen atoms in total. The molecule has 3 heterocycles. The molecular formula is C17H20N4OS. The summed E-state index contributed by atoms with van der Waals surface area (Å²) in [6.45, 7) is 5.81. The van der Waals surface area contributed by atoms with E-state index in [9.17, 15) is 4.79 Å². The van der Waals surface area contributed by atoms with Crippen molar-refractivity contribution in [2.75, 3.05) is 0 Å². The number of fused-ring (bicyclic) bond motifs is 1. The maximum absolute atomic E-state index is 12.6. The first-order chi connectivity index (χ1) is 11.0. The number of carbonyl (C=O) groups excluding carboxylic acids is 1. The molecule has 23 heavy (non-hydrogen) atoms. The van der Waals surface area contributed by atoms with Crippen LogP contribution in [0.2, 0.25) is 0 Å². The number of nitrogens with one attached hydrogen (secondary N) is 1. The summed E-state index contributed by atoms with van der Waals surface area (Å²) in [6, 6.07) is 6.09. The zero-order valence-corrected chi connectivity index (χ0v) is 14.6. The van der Waals surface area contributed by atoms with Crippen molar-refractivity contribution in [1.29, 1.82) is 0 Å². The van der Waals surface area contributed by atoms with Crippen LogP contribution in [0.5, 0.6) is 0 Å². The molecular weight excluding hydrogens is 308 g/mol. The molecule has 0 aliphatic carbocycles. The summed E-state index contributed by atoms with van der Waals surface area (Å²) in [5.74, 6) is -0.0794. The van der Waals surface area contributed by atoms with Crippen LogP contribution in [0.4, 0.5) is 0 Å². The summed E-state index contributed by atoms with van der Waals surface area (Å²) in [4.78, 5) is 18.4. The van der Waals surface area contributed by atoms with E-state index in [-0.39, 0.29) is 11.9 Å². The summed E-state index contributed by atoms with van der Waals surface area (Å²) >= 11 is 1.71. The molecule has 3 aromatic heterocycles. The standard InChI is InChI=1S/C17H20N4OS/c1-10(8-13-6-5-7-23-13)18-17(22)15-9-14-12(3)20-21(4)16(14)19-11(15)2/h5-7,9-10H,8H2,1-4H3,(H,18,22). The minimum atomic E-state index is -0.0794. The normalized spacial score (nSPS) is 12.5. The Morgan fingerprint density at radius 2 is 2.17 bits per heavy atom. The lowest BCUT2D eigenvalue weighted by Gasteiger charge is -2.14. The van der Waals surface area contributed by atoms with Gasteiger partial charge < -0.3 is 5.32 Å². The molecule has 1 amide bonds. The molecule has 0 fully saturated rings. The first-order valence-corrected chi connectivity index (χ1v) is 8.48. The van der Waals surface area contributed by atoms with Gasteiger partial charge in [0.25, 0.3) is 5.91 Å². The second kappa shape index (κ2) is 6.12. The molecule has 6 heteroatoms. The van der Waals surface area contributed by atoms with Gasteiger partial charge in [-0.3, -0.25) is 9.48 Å². The molecule has 0 spiro atoms. The Balaban J connectivity index is 1.83. The van der Waals surface area contributed by atoms with E-state index >= 15 is 0 Å². The number of aromatic nitrogens is 3. The Morgan fingerprint density at radius 3 is 2.87 bits per heavy atom. The fourth-order valence-electron chi connectivity index (χ4n) is 2.74. The van der Waals surface area contributed by atoms with Gasteiger partial charge in [0.15, 0.2) is 5.65 Å². The second-order valence-electron chi connectivity index (χ2n) is 5.86. The third-order valence-corrected chi connectivity index (χ3v) is 4.80. The molecule has 0 aromatic carbocycles. The van der Waals surface area contributed by atoms with Crippen molar-refractivity contribution in [1.82, 2.24) is 20.1 Å². The highest BCUT2D eigenvalue weighted by Gasteiger charge is 2.17. The van der Waals surface area contributed by atoms with Gasteiger partial charge in [0.05, 0.1) is 17.0 Å². The van der Waals surface area contributed by atoms with Gasteiger partial charge in [-0.2, -0.15) is 5.10 Å². The molecule has 0 aliphatic heterocycles. The van der Waals surface area contributed by atoms with Crippen LogP contribution >= 0.6 is 11.3 Å². The van der Waals surface area contributed by atoms with E-state index in [2.05, 4.69) is 26.8 Å². The summed E-state index contributed by atoms with van der Waals surface area (Å²) in [7, 11) is 1.87. The van der Waals surface area contributed by atoms with E-state index in [1.807, 2.05) is 40.0 Å². The van der Waals surface area contributed by atoms with Gasteiger partial charge in [0, 0.05) is 29.8 Å². The molecule has 0 radical (unpaired) electrons. The first-order valence-electron chi connectivity index (χ1n) is 7.60. The van der Waals surface area contributed by atoms with Crippen LogP contribution in [0.15, 0.2) is 23.6 Å². The van der Waals surface area contributed by atoms with Crippen molar-refractivity contribution >= 4 is 28.3 Å². The maximum Gasteiger partial charge on any atom is 0.253 e. The highest BCUT2D eigenvalue weighted by Crippen LogP contribution is 2.19. The smallest absolute Gasteiger partial charge is 0.253 e. The summed E-state index contributed by atoms with van der Waals surface area (Å²) in [5, 5.41) is 10.4. The fourth-order valence-corrected chi connectivity index (χ4v) is 3.58. The van der Waals surface area contributed by atoms with Crippen LogP contribution in [0.1, 0.15) is 33.5 Å². The van der Waals surface area contributed by atoms with Crippen LogP contribution in [-0.2, 0) is 13.5 Å². The number of hydrogen-bond donors (Lipinski definition) is 1. The van der Waals surface area contributed by atoms with Crippen LogP contribution < -0.4 is 5.32 Å². The molecule has 3 rings (SSSR count). The molecule has 1 unspecified atom stereocenters. The molecule has 3 aromatic rings. The quantitative estimate of drug-likeness (QED) is 0.801. The molecule has 0 aliphatic rings. The number of nitrogens with zero attached hydrogens (tertiary/aromatic N) is 3. The largest absolute Gasteiger partial charge is 0.349 e. The first kappa shape index (κ1) is 15.7. The van der Waals surface area contributed by atoms with E-state index in [1.54, 1.807) is 16.0 Å². The average Bonchev–Trinajstić information content (AvgIpc) is 3.07. The maximum atomic E-state index is 12.6. The SMILES string of the molecule is Cc1nc2c(cc1C(=O)NC(C)Cc1cccs1)c(C)nn2C. The molecule has 1 atom stereocenters. The summed E-state index contributed by atoms with van der Waals surface area (Å²) < 4.78 is 1.75. The molecule has 0 saturated carbocycles. The highest BCUT2D eigenvalue weighted by atomic mass is 32.1. The van der Waals surface area contributed by atoms with E-state index < -0.39 is 0 Å². The zero-order chi connectivity index (χ0) is 16.6. The van der Waals surface area contributed by atoms with Gasteiger partial charge in [-0.25, -0.2) is 4.98 Å². The predicted octanol–water partition coefficient (Wildman–Crippen LogP) is 3.01. The fraction of sp³-hybridized carbons (Fsp3) is 0.353. The van der Waals surface area contributed by atoms with Crippen LogP contribution in [0, 0.1) is 13.8 Å². The number of rotatable bonds is 4. The molecule has 120 valence electrons. The third-order valence-electron chi connectivity index (χ3n) is 3.90. The Morgan fingerprint density at radius 1 is 1.39 bits per heavy atom. The van der Waals surface area contributed by atoms with Gasteiger partial charge in [-0.05, 0) is 38.3 Å². The van der Waals surface area contributed by atoms with Crippen LogP contribution in [-0.4, -0.2) is 26.7 Å². The number of amides is 1. The van der Waals surface area contributed by atoms with E-state index in [0.717, 1.165) is 28.8 Å². The highest BCUT2D eigenvalue weighted by molar-refractivity contribution is 7.09. The van der Waals surface area contributed by atoms with Crippen molar-refractivity contribution in [3.63, 3.8) is 0 Å². The van der Waals surface area contributed by atoms with Crippen molar-refractivity contribution in [3.8, 4) is 0 Å². The van der Waals surface area contributed by atoms with E-state index in [4.69, 9.17) is 0 Å². The van der Waals surface area contributed by atoms with Crippen molar-refractivity contribution in [2.24, 2.45) is 7.05 Å². The monoisotopic (exact) mass is 328 g/mol.